The molecule has 2 unspecified atom stereocenters. The van der Waals surface area contributed by atoms with Crippen molar-refractivity contribution in [1.82, 2.24) is 20.1 Å². The second-order valence-electron chi connectivity index (χ2n) is 7.51. The molecule has 0 aromatic carbocycles. The summed E-state index contributed by atoms with van der Waals surface area (Å²) in [4.78, 5) is 21.7. The minimum absolute atomic E-state index is 0.0145. The van der Waals surface area contributed by atoms with Gasteiger partial charge < -0.3 is 5.32 Å². The Hall–Kier alpha value is -1.46. The number of likely N-dealkylation sites (tertiary alicyclic amines) is 2. The molecular formula is C20H32N4O. The molecule has 138 valence electrons. The van der Waals surface area contributed by atoms with Crippen molar-refractivity contribution in [3.05, 3.63) is 30.1 Å². The van der Waals surface area contributed by atoms with Crippen molar-refractivity contribution in [3.63, 3.8) is 0 Å². The van der Waals surface area contributed by atoms with Crippen molar-refractivity contribution in [2.45, 2.75) is 64.1 Å². The van der Waals surface area contributed by atoms with Gasteiger partial charge in [0, 0.05) is 38.1 Å². The van der Waals surface area contributed by atoms with Crippen LogP contribution in [0.5, 0.6) is 0 Å². The fraction of sp³-hybridized carbons (Fsp3) is 0.700. The number of piperidine rings is 2. The van der Waals surface area contributed by atoms with E-state index >= 15 is 0 Å². The van der Waals surface area contributed by atoms with Crippen molar-refractivity contribution in [2.24, 2.45) is 0 Å². The third kappa shape index (κ3) is 5.25. The van der Waals surface area contributed by atoms with Crippen molar-refractivity contribution < 1.29 is 4.79 Å². The Morgan fingerprint density at radius 1 is 1.12 bits per heavy atom. The third-order valence-corrected chi connectivity index (χ3v) is 5.69. The monoisotopic (exact) mass is 344 g/mol. The van der Waals surface area contributed by atoms with Gasteiger partial charge in [-0.3, -0.25) is 19.6 Å². The number of hydrogen-bond donors (Lipinski definition) is 1. The van der Waals surface area contributed by atoms with E-state index in [9.17, 15) is 4.79 Å². The van der Waals surface area contributed by atoms with Gasteiger partial charge in [-0.1, -0.05) is 12.8 Å². The van der Waals surface area contributed by atoms with Gasteiger partial charge in [-0.05, 0) is 63.4 Å². The van der Waals surface area contributed by atoms with Crippen molar-refractivity contribution in [2.75, 3.05) is 26.2 Å². The molecule has 3 heterocycles. The molecule has 0 spiro atoms. The van der Waals surface area contributed by atoms with Crippen LogP contribution in [0, 0.1) is 0 Å². The van der Waals surface area contributed by atoms with Crippen molar-refractivity contribution in [1.29, 1.82) is 0 Å². The number of rotatable bonds is 6. The zero-order chi connectivity index (χ0) is 17.5. The molecule has 5 heteroatoms. The van der Waals surface area contributed by atoms with Crippen molar-refractivity contribution >= 4 is 5.91 Å². The predicted octanol–water partition coefficient (Wildman–Crippen LogP) is 2.43. The minimum atomic E-state index is 0.0145. The highest BCUT2D eigenvalue weighted by Crippen LogP contribution is 2.20. The number of amides is 1. The summed E-state index contributed by atoms with van der Waals surface area (Å²) in [6.07, 6.45) is 10.9. The number of hydrogen-bond acceptors (Lipinski definition) is 4. The molecule has 3 rings (SSSR count). The standard InChI is InChI=1S/C20H32N4O/c1-17-6-2-4-13-23(17)15-12-22-20(25)19-7-3-5-14-24(19)16-18-8-10-21-11-9-18/h8-11,17,19H,2-7,12-16H2,1H3,(H,22,25). The highest BCUT2D eigenvalue weighted by Gasteiger charge is 2.28. The van der Waals surface area contributed by atoms with Crippen LogP contribution in [0.4, 0.5) is 0 Å². The van der Waals surface area contributed by atoms with E-state index < -0.39 is 0 Å². The van der Waals surface area contributed by atoms with Crippen LogP contribution < -0.4 is 5.32 Å². The topological polar surface area (TPSA) is 48.5 Å². The number of nitrogens with zero attached hydrogens (tertiary/aromatic N) is 3. The lowest BCUT2D eigenvalue weighted by Crippen LogP contribution is -2.50. The zero-order valence-corrected chi connectivity index (χ0v) is 15.5. The van der Waals surface area contributed by atoms with Crippen LogP contribution in [0.3, 0.4) is 0 Å². The van der Waals surface area contributed by atoms with Gasteiger partial charge in [0.05, 0.1) is 6.04 Å². The molecule has 2 aliphatic heterocycles. The SMILES string of the molecule is CC1CCCCN1CCNC(=O)C1CCCCN1Cc1ccncc1. The molecule has 5 nitrogen and oxygen atoms in total. The number of nitrogens with one attached hydrogen (secondary N) is 1. The van der Waals surface area contributed by atoms with Gasteiger partial charge >= 0.3 is 0 Å². The summed E-state index contributed by atoms with van der Waals surface area (Å²) >= 11 is 0. The number of pyridine rings is 1. The first-order chi connectivity index (χ1) is 12.2. The number of aromatic nitrogens is 1. The Morgan fingerprint density at radius 3 is 2.60 bits per heavy atom. The van der Waals surface area contributed by atoms with Crippen molar-refractivity contribution in [3.8, 4) is 0 Å². The lowest BCUT2D eigenvalue weighted by molar-refractivity contribution is -0.128. The average molecular weight is 345 g/mol. The van der Waals surface area contributed by atoms with Crippen LogP contribution in [0.2, 0.25) is 0 Å². The summed E-state index contributed by atoms with van der Waals surface area (Å²) in [6.45, 7) is 7.06. The first-order valence-electron chi connectivity index (χ1n) is 9.89. The first kappa shape index (κ1) is 18.3. The zero-order valence-electron chi connectivity index (χ0n) is 15.5. The van der Waals surface area contributed by atoms with E-state index in [4.69, 9.17) is 0 Å². The minimum Gasteiger partial charge on any atom is -0.353 e. The third-order valence-electron chi connectivity index (χ3n) is 5.69. The highest BCUT2D eigenvalue weighted by molar-refractivity contribution is 5.81. The van der Waals surface area contributed by atoms with Gasteiger partial charge in [0.1, 0.15) is 0 Å². The summed E-state index contributed by atoms with van der Waals surface area (Å²) < 4.78 is 0. The lowest BCUT2D eigenvalue weighted by Gasteiger charge is -2.36. The van der Waals surface area contributed by atoms with Crippen LogP contribution in [0.25, 0.3) is 0 Å². The molecule has 25 heavy (non-hydrogen) atoms. The summed E-state index contributed by atoms with van der Waals surface area (Å²) in [5, 5.41) is 3.20. The Kier molecular flexibility index (Phi) is 6.82. The van der Waals surface area contributed by atoms with Gasteiger partial charge in [-0.15, -0.1) is 0 Å². The molecule has 2 atom stereocenters. The predicted molar refractivity (Wildman–Crippen MR) is 100 cm³/mol. The molecule has 0 radical (unpaired) electrons. The molecule has 2 saturated heterocycles. The summed E-state index contributed by atoms with van der Waals surface area (Å²) in [7, 11) is 0. The van der Waals surface area contributed by atoms with E-state index in [1.165, 1.54) is 37.8 Å². The summed E-state index contributed by atoms with van der Waals surface area (Å²) in [6, 6.07) is 4.76. The molecule has 1 amide bonds. The molecule has 2 fully saturated rings. The van der Waals surface area contributed by atoms with E-state index in [0.29, 0.717) is 6.04 Å². The van der Waals surface area contributed by atoms with Crippen LogP contribution in [0.15, 0.2) is 24.5 Å². The molecule has 0 bridgehead atoms. The summed E-state index contributed by atoms with van der Waals surface area (Å²) in [5.41, 5.74) is 1.23. The Morgan fingerprint density at radius 2 is 1.84 bits per heavy atom. The second kappa shape index (κ2) is 9.30. The Labute approximate surface area is 151 Å². The van der Waals surface area contributed by atoms with Gasteiger partial charge in [-0.25, -0.2) is 0 Å². The van der Waals surface area contributed by atoms with Gasteiger partial charge in [0.25, 0.3) is 0 Å². The van der Waals surface area contributed by atoms with E-state index in [2.05, 4.69) is 27.0 Å². The molecular weight excluding hydrogens is 312 g/mol. The first-order valence-corrected chi connectivity index (χ1v) is 9.89. The van der Waals surface area contributed by atoms with Gasteiger partial charge in [0.2, 0.25) is 5.91 Å². The largest absolute Gasteiger partial charge is 0.353 e. The van der Waals surface area contributed by atoms with Crippen LogP contribution in [0.1, 0.15) is 51.0 Å². The number of carbonyl (C=O) groups is 1. The van der Waals surface area contributed by atoms with E-state index in [1.54, 1.807) is 0 Å². The fourth-order valence-electron chi connectivity index (χ4n) is 4.13. The fourth-order valence-corrected chi connectivity index (χ4v) is 4.13. The van der Waals surface area contributed by atoms with Crippen LogP contribution >= 0.6 is 0 Å². The Balaban J connectivity index is 1.48. The number of carbonyl (C=O) groups excluding carboxylic acids is 1. The average Bonchev–Trinajstić information content (AvgIpc) is 2.64. The smallest absolute Gasteiger partial charge is 0.237 e. The normalized spacial score (nSPS) is 25.6. The van der Waals surface area contributed by atoms with E-state index in [1.807, 2.05) is 24.5 Å². The quantitative estimate of drug-likeness (QED) is 0.861. The molecule has 0 saturated carbocycles. The van der Waals surface area contributed by atoms with Crippen LogP contribution in [-0.4, -0.2) is 59.0 Å². The molecule has 1 aromatic heterocycles. The van der Waals surface area contributed by atoms with Gasteiger partial charge in [0.15, 0.2) is 0 Å². The van der Waals surface area contributed by atoms with Gasteiger partial charge in [-0.2, -0.15) is 0 Å². The molecule has 1 N–H and O–H groups in total. The van der Waals surface area contributed by atoms with E-state index in [0.717, 1.165) is 39.0 Å². The maximum atomic E-state index is 12.7. The van der Waals surface area contributed by atoms with E-state index in [-0.39, 0.29) is 11.9 Å². The lowest BCUT2D eigenvalue weighted by atomic mass is 10.0. The highest BCUT2D eigenvalue weighted by atomic mass is 16.2. The van der Waals surface area contributed by atoms with Crippen LogP contribution in [-0.2, 0) is 11.3 Å². The molecule has 1 aromatic rings. The Bertz CT molecular complexity index is 536. The molecule has 0 aliphatic carbocycles. The maximum Gasteiger partial charge on any atom is 0.237 e. The molecule has 2 aliphatic rings. The maximum absolute atomic E-state index is 12.7. The second-order valence-corrected chi connectivity index (χ2v) is 7.51. The summed E-state index contributed by atoms with van der Waals surface area (Å²) in [5.74, 6) is 0.207.